The molecule has 2 N–H and O–H groups in total. The summed E-state index contributed by atoms with van der Waals surface area (Å²) in [4.78, 5) is 19.1. The van der Waals surface area contributed by atoms with Gasteiger partial charge in [0, 0.05) is 49.5 Å². The summed E-state index contributed by atoms with van der Waals surface area (Å²) in [5.41, 5.74) is 3.53. The second kappa shape index (κ2) is 10.8. The molecule has 3 heterocycles. The number of benzene rings is 1. The Morgan fingerprint density at radius 2 is 2.03 bits per heavy atom. The molecule has 34 heavy (non-hydrogen) atoms. The first kappa shape index (κ1) is 23.8. The van der Waals surface area contributed by atoms with Gasteiger partial charge in [-0.3, -0.25) is 4.79 Å². The van der Waals surface area contributed by atoms with Crippen molar-refractivity contribution in [3.05, 3.63) is 42.2 Å². The highest BCUT2D eigenvalue weighted by Crippen LogP contribution is 2.31. The highest BCUT2D eigenvalue weighted by molar-refractivity contribution is 6.06. The molecule has 9 heteroatoms. The molecule has 0 bridgehead atoms. The van der Waals surface area contributed by atoms with Crippen LogP contribution in [0.2, 0.25) is 0 Å². The summed E-state index contributed by atoms with van der Waals surface area (Å²) < 4.78 is 11.4. The Morgan fingerprint density at radius 3 is 2.68 bits per heavy atom. The van der Waals surface area contributed by atoms with Gasteiger partial charge in [-0.1, -0.05) is 6.07 Å². The predicted molar refractivity (Wildman–Crippen MR) is 132 cm³/mol. The maximum atomic E-state index is 12.5. The quantitative estimate of drug-likeness (QED) is 0.442. The molecule has 180 valence electrons. The molecule has 0 saturated carbocycles. The van der Waals surface area contributed by atoms with Crippen LogP contribution in [0, 0.1) is 0 Å². The number of carbonyl (C=O) groups is 1. The molecule has 1 saturated heterocycles. The molecule has 0 aliphatic carbocycles. The number of hydrogen-bond acceptors (Lipinski definition) is 8. The average molecular weight is 465 g/mol. The van der Waals surface area contributed by atoms with Gasteiger partial charge < -0.3 is 25.0 Å². The predicted octanol–water partition coefficient (Wildman–Crippen LogP) is 2.97. The lowest BCUT2D eigenvalue weighted by Crippen LogP contribution is -2.41. The van der Waals surface area contributed by atoms with E-state index in [2.05, 4.69) is 37.6 Å². The molecule has 1 fully saturated rings. The average Bonchev–Trinajstić information content (AvgIpc) is 2.80. The molecular weight excluding hydrogens is 432 g/mol. The van der Waals surface area contributed by atoms with Crippen molar-refractivity contribution in [3.63, 3.8) is 0 Å². The number of anilines is 1. The number of amides is 1. The summed E-state index contributed by atoms with van der Waals surface area (Å²) in [5.74, 6) is 0.314. The summed E-state index contributed by atoms with van der Waals surface area (Å²) >= 11 is 0. The van der Waals surface area contributed by atoms with E-state index >= 15 is 0 Å². The van der Waals surface area contributed by atoms with Crippen LogP contribution in [0.1, 0.15) is 30.3 Å². The molecule has 0 spiro atoms. The number of fused-ring (bicyclic) bond motifs is 1. The van der Waals surface area contributed by atoms with Gasteiger partial charge >= 0.3 is 0 Å². The van der Waals surface area contributed by atoms with Crippen LogP contribution < -0.4 is 15.4 Å². The Labute approximate surface area is 199 Å². The van der Waals surface area contributed by atoms with Crippen molar-refractivity contribution >= 4 is 22.5 Å². The number of carbonyl (C=O) groups excluding carboxylic acids is 1. The van der Waals surface area contributed by atoms with Gasteiger partial charge in [-0.25, -0.2) is 4.98 Å². The Balaban J connectivity index is 1.61. The lowest BCUT2D eigenvalue weighted by atomic mass is 10.0. The van der Waals surface area contributed by atoms with Gasteiger partial charge in [0.25, 0.3) is 5.91 Å². The fourth-order valence-electron chi connectivity index (χ4n) is 3.87. The normalized spacial score (nSPS) is 16.2. The molecular formula is C25H32N6O3. The number of nitrogens with one attached hydrogen (secondary N) is 2. The van der Waals surface area contributed by atoms with E-state index in [1.165, 1.54) is 0 Å². The van der Waals surface area contributed by atoms with Crippen molar-refractivity contribution in [2.24, 2.45) is 0 Å². The van der Waals surface area contributed by atoms with Crippen LogP contribution in [-0.2, 0) is 4.74 Å². The summed E-state index contributed by atoms with van der Waals surface area (Å²) in [5, 5.41) is 15.4. The molecule has 4 rings (SSSR count). The van der Waals surface area contributed by atoms with Crippen LogP contribution in [0.15, 0.2) is 36.5 Å². The summed E-state index contributed by atoms with van der Waals surface area (Å²) in [6, 6.07) is 9.80. The molecule has 2 atom stereocenters. The van der Waals surface area contributed by atoms with E-state index in [1.807, 2.05) is 44.4 Å². The third kappa shape index (κ3) is 5.43. The minimum Gasteiger partial charge on any atom is -0.478 e. The summed E-state index contributed by atoms with van der Waals surface area (Å²) in [7, 11) is 5.67. The number of hydrogen-bond donors (Lipinski definition) is 2. The zero-order valence-corrected chi connectivity index (χ0v) is 20.2. The SMILES string of the molecule is CNC(=O)c1nnc2ccc(-c3ccc(OCCCN(C)C)nc3)cc2c1NC(C)C1CCO1. The summed E-state index contributed by atoms with van der Waals surface area (Å²) in [6.45, 7) is 4.41. The van der Waals surface area contributed by atoms with Crippen molar-refractivity contribution in [1.82, 2.24) is 25.4 Å². The number of pyridine rings is 1. The maximum Gasteiger partial charge on any atom is 0.273 e. The zero-order valence-electron chi connectivity index (χ0n) is 20.2. The second-order valence-electron chi connectivity index (χ2n) is 8.76. The second-order valence-corrected chi connectivity index (χ2v) is 8.76. The van der Waals surface area contributed by atoms with Crippen molar-refractivity contribution in [1.29, 1.82) is 0 Å². The third-order valence-corrected chi connectivity index (χ3v) is 5.94. The minimum atomic E-state index is -0.290. The van der Waals surface area contributed by atoms with E-state index in [-0.39, 0.29) is 23.7 Å². The van der Waals surface area contributed by atoms with Crippen molar-refractivity contribution in [2.45, 2.75) is 31.9 Å². The highest BCUT2D eigenvalue weighted by Gasteiger charge is 2.27. The number of aromatic nitrogens is 3. The topological polar surface area (TPSA) is 102 Å². The van der Waals surface area contributed by atoms with Crippen molar-refractivity contribution in [2.75, 3.05) is 46.2 Å². The van der Waals surface area contributed by atoms with Crippen LogP contribution in [0.5, 0.6) is 5.88 Å². The van der Waals surface area contributed by atoms with Crippen molar-refractivity contribution < 1.29 is 14.3 Å². The Kier molecular flexibility index (Phi) is 7.54. The van der Waals surface area contributed by atoms with Gasteiger partial charge in [-0.05, 0) is 57.6 Å². The van der Waals surface area contributed by atoms with Crippen LogP contribution in [0.25, 0.3) is 22.0 Å². The lowest BCUT2D eigenvalue weighted by Gasteiger charge is -2.33. The molecule has 0 radical (unpaired) electrons. The third-order valence-electron chi connectivity index (χ3n) is 5.94. The molecule has 1 aromatic carbocycles. The van der Waals surface area contributed by atoms with Gasteiger partial charge in [-0.15, -0.1) is 10.2 Å². The molecule has 2 unspecified atom stereocenters. The largest absolute Gasteiger partial charge is 0.478 e. The van der Waals surface area contributed by atoms with Crippen LogP contribution in [-0.4, -0.2) is 79.0 Å². The van der Waals surface area contributed by atoms with E-state index < -0.39 is 0 Å². The van der Waals surface area contributed by atoms with E-state index in [1.54, 1.807) is 13.2 Å². The molecule has 2 aromatic heterocycles. The smallest absolute Gasteiger partial charge is 0.273 e. The first-order chi connectivity index (χ1) is 16.5. The van der Waals surface area contributed by atoms with E-state index in [0.29, 0.717) is 23.7 Å². The molecule has 3 aromatic rings. The van der Waals surface area contributed by atoms with Gasteiger partial charge in [0.2, 0.25) is 5.88 Å². The van der Waals surface area contributed by atoms with Crippen LogP contribution in [0.3, 0.4) is 0 Å². The standard InChI is InChI=1S/C25H32N6O3/c1-16(21-10-13-33-21)28-23-19-14-17(6-8-20(19)29-30-24(23)25(32)26-2)18-7-9-22(27-15-18)34-12-5-11-31(3)4/h6-9,14-16,21H,5,10-13H2,1-4H3,(H,26,32)(H,28,29). The summed E-state index contributed by atoms with van der Waals surface area (Å²) in [6.07, 6.45) is 3.84. The van der Waals surface area contributed by atoms with E-state index in [9.17, 15) is 4.79 Å². The number of rotatable bonds is 10. The van der Waals surface area contributed by atoms with E-state index in [0.717, 1.165) is 42.5 Å². The Bertz CT molecular complexity index is 1130. The monoisotopic (exact) mass is 464 g/mol. The molecule has 9 nitrogen and oxygen atoms in total. The number of nitrogens with zero attached hydrogens (tertiary/aromatic N) is 4. The zero-order chi connectivity index (χ0) is 24.1. The first-order valence-corrected chi connectivity index (χ1v) is 11.6. The Morgan fingerprint density at radius 1 is 1.24 bits per heavy atom. The van der Waals surface area contributed by atoms with Gasteiger partial charge in [0.05, 0.1) is 23.9 Å². The number of ether oxygens (including phenoxy) is 2. The lowest BCUT2D eigenvalue weighted by molar-refractivity contribution is -0.0575. The Hall–Kier alpha value is -3.30. The van der Waals surface area contributed by atoms with Crippen LogP contribution >= 0.6 is 0 Å². The molecule has 1 aliphatic heterocycles. The maximum absolute atomic E-state index is 12.5. The minimum absolute atomic E-state index is 0.0267. The fraction of sp³-hybridized carbons (Fsp3) is 0.440. The van der Waals surface area contributed by atoms with Gasteiger partial charge in [0.1, 0.15) is 0 Å². The van der Waals surface area contributed by atoms with Gasteiger partial charge in [0.15, 0.2) is 5.69 Å². The first-order valence-electron chi connectivity index (χ1n) is 11.6. The van der Waals surface area contributed by atoms with Gasteiger partial charge in [-0.2, -0.15) is 0 Å². The highest BCUT2D eigenvalue weighted by atomic mass is 16.5. The van der Waals surface area contributed by atoms with Crippen LogP contribution in [0.4, 0.5) is 5.69 Å². The molecule has 1 amide bonds. The fourth-order valence-corrected chi connectivity index (χ4v) is 3.87. The van der Waals surface area contributed by atoms with Crippen molar-refractivity contribution in [3.8, 4) is 17.0 Å². The molecule has 1 aliphatic rings. The van der Waals surface area contributed by atoms with E-state index in [4.69, 9.17) is 9.47 Å².